The van der Waals surface area contributed by atoms with E-state index in [1.165, 1.54) is 23.5 Å². The highest BCUT2D eigenvalue weighted by Crippen LogP contribution is 2.26. The van der Waals surface area contributed by atoms with Gasteiger partial charge in [0.25, 0.3) is 10.0 Å². The molecule has 0 atom stereocenters. The van der Waals surface area contributed by atoms with Crippen molar-refractivity contribution >= 4 is 61.2 Å². The van der Waals surface area contributed by atoms with Crippen LogP contribution in [0.15, 0.2) is 65.0 Å². The van der Waals surface area contributed by atoms with E-state index in [9.17, 15) is 8.42 Å². The number of aryl methyl sites for hydroxylation is 1. The Morgan fingerprint density at radius 1 is 0.964 bits per heavy atom. The maximum absolute atomic E-state index is 12.4. The lowest BCUT2D eigenvalue weighted by molar-refractivity contribution is 0.601. The zero-order valence-corrected chi connectivity index (χ0v) is 17.1. The number of rotatable bonds is 5. The Morgan fingerprint density at radius 3 is 2.36 bits per heavy atom. The fourth-order valence-electron chi connectivity index (χ4n) is 2.63. The number of fused-ring (bicyclic) bond motifs is 1. The molecule has 4 rings (SSSR count). The van der Waals surface area contributed by atoms with Gasteiger partial charge in [-0.2, -0.15) is 5.10 Å². The Balaban J connectivity index is 0.00000225. The Hall–Kier alpha value is -2.75. The number of hydrogen-bond donors (Lipinski definition) is 2. The van der Waals surface area contributed by atoms with Crippen LogP contribution in [0.25, 0.3) is 10.8 Å². The third kappa shape index (κ3) is 4.06. The summed E-state index contributed by atoms with van der Waals surface area (Å²) >= 11 is 1.22. The molecule has 0 saturated carbocycles. The molecule has 2 aromatic carbocycles. The Labute approximate surface area is 172 Å². The number of aromatic nitrogens is 3. The predicted octanol–water partition coefficient (Wildman–Crippen LogP) is 4.36. The number of nitrogens with zero attached hydrogens (tertiary/aromatic N) is 3. The van der Waals surface area contributed by atoms with E-state index in [-0.39, 0.29) is 17.3 Å². The van der Waals surface area contributed by atoms with Gasteiger partial charge in [-0.15, -0.1) is 28.8 Å². The topological polar surface area (TPSA) is 96.9 Å². The SMILES string of the molecule is Cc1nnc(Nc2ccc(S(=O)(=O)Nc3nccs3)cc2)c2ccccc12.Cl. The van der Waals surface area contributed by atoms with Crippen LogP contribution < -0.4 is 10.0 Å². The van der Waals surface area contributed by atoms with Crippen molar-refractivity contribution < 1.29 is 8.42 Å². The molecular formula is C18H16ClN5O2S2. The first-order chi connectivity index (χ1) is 13.0. The second-order valence-corrected chi connectivity index (χ2v) is 8.35. The zero-order valence-electron chi connectivity index (χ0n) is 14.7. The van der Waals surface area contributed by atoms with Crippen molar-refractivity contribution in [1.29, 1.82) is 0 Å². The van der Waals surface area contributed by atoms with E-state index in [1.807, 2.05) is 31.2 Å². The molecule has 0 fully saturated rings. The van der Waals surface area contributed by atoms with Gasteiger partial charge in [0.1, 0.15) is 0 Å². The van der Waals surface area contributed by atoms with Gasteiger partial charge in [-0.25, -0.2) is 13.4 Å². The average molecular weight is 434 g/mol. The molecule has 0 unspecified atom stereocenters. The van der Waals surface area contributed by atoms with Crippen molar-refractivity contribution in [3.63, 3.8) is 0 Å². The second kappa shape index (κ2) is 8.09. The van der Waals surface area contributed by atoms with Crippen molar-refractivity contribution in [3.8, 4) is 0 Å². The van der Waals surface area contributed by atoms with Gasteiger partial charge < -0.3 is 5.32 Å². The van der Waals surface area contributed by atoms with E-state index in [4.69, 9.17) is 0 Å². The Bertz CT molecular complexity index is 1200. The van der Waals surface area contributed by atoms with Crippen molar-refractivity contribution in [2.45, 2.75) is 11.8 Å². The first kappa shape index (κ1) is 20.0. The summed E-state index contributed by atoms with van der Waals surface area (Å²) in [6, 6.07) is 14.3. The first-order valence-electron chi connectivity index (χ1n) is 8.04. The van der Waals surface area contributed by atoms with Crippen LogP contribution in [0.3, 0.4) is 0 Å². The minimum Gasteiger partial charge on any atom is -0.338 e. The molecule has 0 spiro atoms. The lowest BCUT2D eigenvalue weighted by Crippen LogP contribution is -2.12. The van der Waals surface area contributed by atoms with E-state index >= 15 is 0 Å². The van der Waals surface area contributed by atoms with E-state index < -0.39 is 10.0 Å². The molecule has 28 heavy (non-hydrogen) atoms. The molecule has 2 heterocycles. The fourth-order valence-corrected chi connectivity index (χ4v) is 4.42. The molecule has 0 aliphatic rings. The number of nitrogens with one attached hydrogen (secondary N) is 2. The second-order valence-electron chi connectivity index (χ2n) is 5.77. The van der Waals surface area contributed by atoms with E-state index in [0.29, 0.717) is 16.6 Å². The molecule has 10 heteroatoms. The Kier molecular flexibility index (Phi) is 5.78. The zero-order chi connectivity index (χ0) is 18.9. The van der Waals surface area contributed by atoms with Gasteiger partial charge in [0.2, 0.25) is 0 Å². The molecule has 7 nitrogen and oxygen atoms in total. The van der Waals surface area contributed by atoms with E-state index in [0.717, 1.165) is 16.5 Å². The fraction of sp³-hybridized carbons (Fsp3) is 0.0556. The normalized spacial score (nSPS) is 11.0. The third-order valence-electron chi connectivity index (χ3n) is 3.95. The summed E-state index contributed by atoms with van der Waals surface area (Å²) in [5, 5.41) is 15.6. The van der Waals surface area contributed by atoms with Gasteiger partial charge in [-0.05, 0) is 31.2 Å². The van der Waals surface area contributed by atoms with Crippen LogP contribution in [-0.4, -0.2) is 23.6 Å². The lowest BCUT2D eigenvalue weighted by Gasteiger charge is -2.10. The number of thiazole rings is 1. The predicted molar refractivity (Wildman–Crippen MR) is 114 cm³/mol. The van der Waals surface area contributed by atoms with Crippen LogP contribution in [0.5, 0.6) is 0 Å². The monoisotopic (exact) mass is 433 g/mol. The van der Waals surface area contributed by atoms with Gasteiger partial charge in [0, 0.05) is 28.0 Å². The van der Waals surface area contributed by atoms with Crippen LogP contribution >= 0.6 is 23.7 Å². The van der Waals surface area contributed by atoms with Gasteiger partial charge in [0.15, 0.2) is 10.9 Å². The highest BCUT2D eigenvalue weighted by atomic mass is 35.5. The molecule has 0 saturated heterocycles. The minimum atomic E-state index is -3.67. The molecular weight excluding hydrogens is 418 g/mol. The maximum atomic E-state index is 12.4. The summed E-state index contributed by atoms with van der Waals surface area (Å²) in [5.41, 5.74) is 1.57. The van der Waals surface area contributed by atoms with E-state index in [2.05, 4.69) is 25.2 Å². The van der Waals surface area contributed by atoms with Gasteiger partial charge >= 0.3 is 0 Å². The molecule has 0 radical (unpaired) electrons. The summed E-state index contributed by atoms with van der Waals surface area (Å²) in [4.78, 5) is 4.09. The van der Waals surface area contributed by atoms with E-state index in [1.54, 1.807) is 23.7 Å². The molecule has 0 aliphatic carbocycles. The quantitative estimate of drug-likeness (QED) is 0.485. The van der Waals surface area contributed by atoms with Crippen molar-refractivity contribution in [2.75, 3.05) is 10.0 Å². The number of hydrogen-bond acceptors (Lipinski definition) is 7. The molecule has 0 bridgehead atoms. The highest BCUT2D eigenvalue weighted by molar-refractivity contribution is 7.93. The smallest absolute Gasteiger partial charge is 0.263 e. The van der Waals surface area contributed by atoms with Crippen LogP contribution in [0, 0.1) is 6.92 Å². The van der Waals surface area contributed by atoms with Crippen molar-refractivity contribution in [2.24, 2.45) is 0 Å². The molecule has 4 aromatic rings. The van der Waals surface area contributed by atoms with Crippen LogP contribution in [0.2, 0.25) is 0 Å². The lowest BCUT2D eigenvalue weighted by atomic mass is 10.1. The summed E-state index contributed by atoms with van der Waals surface area (Å²) in [6.45, 7) is 1.91. The van der Waals surface area contributed by atoms with Crippen LogP contribution in [-0.2, 0) is 10.0 Å². The number of anilines is 3. The number of halogens is 1. The maximum Gasteiger partial charge on any atom is 0.263 e. The van der Waals surface area contributed by atoms with Gasteiger partial charge in [-0.1, -0.05) is 24.3 Å². The van der Waals surface area contributed by atoms with Crippen LogP contribution in [0.1, 0.15) is 5.69 Å². The van der Waals surface area contributed by atoms with Gasteiger partial charge in [-0.3, -0.25) is 4.72 Å². The molecule has 0 aliphatic heterocycles. The highest BCUT2D eigenvalue weighted by Gasteiger charge is 2.15. The molecule has 144 valence electrons. The first-order valence-corrected chi connectivity index (χ1v) is 10.4. The summed E-state index contributed by atoms with van der Waals surface area (Å²) < 4.78 is 27.2. The summed E-state index contributed by atoms with van der Waals surface area (Å²) in [5.74, 6) is 0.618. The number of benzene rings is 2. The van der Waals surface area contributed by atoms with Crippen LogP contribution in [0.4, 0.5) is 16.6 Å². The molecule has 2 aromatic heterocycles. The largest absolute Gasteiger partial charge is 0.338 e. The van der Waals surface area contributed by atoms with Crippen molar-refractivity contribution in [3.05, 3.63) is 65.8 Å². The minimum absolute atomic E-state index is 0. The summed E-state index contributed by atoms with van der Waals surface area (Å²) in [6.07, 6.45) is 1.54. The molecule has 2 N–H and O–H groups in total. The van der Waals surface area contributed by atoms with Gasteiger partial charge in [0.05, 0.1) is 10.6 Å². The average Bonchev–Trinajstić information content (AvgIpc) is 3.17. The Morgan fingerprint density at radius 2 is 1.68 bits per heavy atom. The number of sulfonamides is 1. The molecule has 0 amide bonds. The standard InChI is InChI=1S/C18H15N5O2S2.ClH/c1-12-15-4-2-3-5-16(15)17(22-21-12)20-13-6-8-14(9-7-13)27(24,25)23-18-19-10-11-26-18;/h2-11H,1H3,(H,19,23)(H,20,22);1H. The third-order valence-corrected chi connectivity index (χ3v) is 6.13. The van der Waals surface area contributed by atoms with Crippen molar-refractivity contribution in [1.82, 2.24) is 15.2 Å². The summed E-state index contributed by atoms with van der Waals surface area (Å²) in [7, 11) is -3.67.